The van der Waals surface area contributed by atoms with E-state index in [2.05, 4.69) is 11.8 Å². The molecule has 7 nitrogen and oxygen atoms in total. The van der Waals surface area contributed by atoms with Gasteiger partial charge < -0.3 is 18.7 Å². The molecule has 0 saturated carbocycles. The molecular formula is C26H35ClFN2O5P. The molecule has 2 atom stereocenters. The van der Waals surface area contributed by atoms with E-state index in [0.29, 0.717) is 36.0 Å². The third kappa shape index (κ3) is 7.77. The van der Waals surface area contributed by atoms with Crippen LogP contribution in [0.25, 0.3) is 0 Å². The summed E-state index contributed by atoms with van der Waals surface area (Å²) in [4.78, 5) is 17.2. The normalized spacial score (nSPS) is 18.9. The van der Waals surface area contributed by atoms with Gasteiger partial charge in [-0.05, 0) is 63.6 Å². The van der Waals surface area contributed by atoms with E-state index in [0.717, 1.165) is 5.56 Å². The van der Waals surface area contributed by atoms with Crippen molar-refractivity contribution < 1.29 is 27.5 Å². The molecule has 0 aliphatic carbocycles. The fourth-order valence-electron chi connectivity index (χ4n) is 4.36. The Bertz CT molecular complexity index is 1060. The number of carbonyl (C=O) groups excluding carboxylic acids is 1. The lowest BCUT2D eigenvalue weighted by Crippen LogP contribution is -2.58. The van der Waals surface area contributed by atoms with Crippen molar-refractivity contribution in [3.8, 4) is 5.75 Å². The van der Waals surface area contributed by atoms with Crippen LogP contribution < -0.4 is 4.74 Å². The molecule has 2 aromatic carbocycles. The van der Waals surface area contributed by atoms with Crippen LogP contribution in [0.4, 0.5) is 4.39 Å². The minimum absolute atomic E-state index is 0.00569. The number of ether oxygens (including phenoxy) is 1. The number of benzene rings is 2. The zero-order valence-corrected chi connectivity index (χ0v) is 22.9. The van der Waals surface area contributed by atoms with Crippen molar-refractivity contribution in [1.29, 1.82) is 0 Å². The molecule has 3 rings (SSSR count). The van der Waals surface area contributed by atoms with Crippen LogP contribution in [0.2, 0.25) is 5.02 Å². The molecule has 0 N–H and O–H groups in total. The maximum atomic E-state index is 13.2. The molecule has 1 aliphatic rings. The first kappa shape index (κ1) is 28.6. The summed E-state index contributed by atoms with van der Waals surface area (Å²) in [6, 6.07) is 11.6. The number of amides is 1. The Morgan fingerprint density at radius 1 is 1.06 bits per heavy atom. The zero-order chi connectivity index (χ0) is 26.3. The molecule has 1 saturated heterocycles. The highest BCUT2D eigenvalue weighted by Crippen LogP contribution is 2.52. The van der Waals surface area contributed by atoms with Crippen LogP contribution >= 0.6 is 19.2 Å². The zero-order valence-electron chi connectivity index (χ0n) is 21.3. The van der Waals surface area contributed by atoms with Crippen molar-refractivity contribution in [2.75, 3.05) is 32.9 Å². The lowest BCUT2D eigenvalue weighted by Gasteiger charge is -2.44. The van der Waals surface area contributed by atoms with Crippen LogP contribution in [0.5, 0.6) is 5.75 Å². The molecule has 0 aromatic heterocycles. The standard InChI is InChI=1S/C26H35ClFN2O5P/c1-5-34-36(32,35-6-2)18-22-13-23(27)9-12-25(22)33-17-26(31)30-15-19(3)29(14-20(30)4)16-21-7-10-24(28)11-8-21/h7-13,19-20H,5-6,14-18H2,1-4H3/t19?,20-/m0/s1. The van der Waals surface area contributed by atoms with E-state index < -0.39 is 7.60 Å². The van der Waals surface area contributed by atoms with Gasteiger partial charge in [0.15, 0.2) is 6.61 Å². The summed E-state index contributed by atoms with van der Waals surface area (Å²) in [5, 5.41) is 0.461. The number of rotatable bonds is 11. The average Bonchev–Trinajstić information content (AvgIpc) is 2.82. The lowest BCUT2D eigenvalue weighted by molar-refractivity contribution is -0.139. The minimum atomic E-state index is -3.38. The van der Waals surface area contributed by atoms with Crippen LogP contribution in [-0.2, 0) is 31.1 Å². The number of hydrogen-bond acceptors (Lipinski definition) is 6. The van der Waals surface area contributed by atoms with Crippen molar-refractivity contribution in [2.45, 2.75) is 52.5 Å². The fraction of sp³-hybridized carbons (Fsp3) is 0.500. The quantitative estimate of drug-likeness (QED) is 0.338. The van der Waals surface area contributed by atoms with E-state index >= 15 is 0 Å². The average molecular weight is 541 g/mol. The summed E-state index contributed by atoms with van der Waals surface area (Å²) in [5.41, 5.74) is 1.59. The Hall–Kier alpha value is -1.96. The first-order chi connectivity index (χ1) is 17.1. The molecule has 10 heteroatoms. The summed E-state index contributed by atoms with van der Waals surface area (Å²) >= 11 is 6.17. The highest BCUT2D eigenvalue weighted by molar-refractivity contribution is 7.53. The topological polar surface area (TPSA) is 68.3 Å². The van der Waals surface area contributed by atoms with E-state index in [-0.39, 0.29) is 49.8 Å². The first-order valence-corrected chi connectivity index (χ1v) is 14.3. The van der Waals surface area contributed by atoms with Crippen molar-refractivity contribution >= 4 is 25.1 Å². The van der Waals surface area contributed by atoms with Crippen LogP contribution in [0.1, 0.15) is 38.8 Å². The second-order valence-corrected chi connectivity index (χ2v) is 11.4. The molecule has 0 spiro atoms. The predicted molar refractivity (Wildman–Crippen MR) is 139 cm³/mol. The second-order valence-electron chi connectivity index (χ2n) is 8.95. The first-order valence-electron chi connectivity index (χ1n) is 12.2. The molecular weight excluding hydrogens is 506 g/mol. The molecule has 1 amide bonds. The molecule has 0 radical (unpaired) electrons. The highest BCUT2D eigenvalue weighted by Gasteiger charge is 2.32. The Morgan fingerprint density at radius 2 is 1.72 bits per heavy atom. The highest BCUT2D eigenvalue weighted by atomic mass is 35.5. The van der Waals surface area contributed by atoms with Gasteiger partial charge in [-0.2, -0.15) is 0 Å². The van der Waals surface area contributed by atoms with Crippen molar-refractivity contribution in [1.82, 2.24) is 9.80 Å². The maximum absolute atomic E-state index is 13.2. The van der Waals surface area contributed by atoms with Gasteiger partial charge in [-0.3, -0.25) is 14.3 Å². The van der Waals surface area contributed by atoms with E-state index in [1.165, 1.54) is 12.1 Å². The Kier molecular flexibility index (Phi) is 10.3. The van der Waals surface area contributed by atoms with Crippen molar-refractivity contribution in [2.24, 2.45) is 0 Å². The van der Waals surface area contributed by atoms with E-state index in [1.807, 2.05) is 11.8 Å². The summed E-state index contributed by atoms with van der Waals surface area (Å²) < 4.78 is 43.0. The summed E-state index contributed by atoms with van der Waals surface area (Å²) in [5.74, 6) is 0.0375. The van der Waals surface area contributed by atoms with Gasteiger partial charge in [0.25, 0.3) is 5.91 Å². The van der Waals surface area contributed by atoms with Gasteiger partial charge in [-0.25, -0.2) is 4.39 Å². The van der Waals surface area contributed by atoms with E-state index in [9.17, 15) is 13.8 Å². The second kappa shape index (κ2) is 13.0. The van der Waals surface area contributed by atoms with Gasteiger partial charge in [0.2, 0.25) is 0 Å². The molecule has 2 aromatic rings. The van der Waals surface area contributed by atoms with Gasteiger partial charge in [0.05, 0.1) is 19.4 Å². The van der Waals surface area contributed by atoms with Crippen LogP contribution in [0, 0.1) is 5.82 Å². The molecule has 1 unspecified atom stereocenters. The van der Waals surface area contributed by atoms with Gasteiger partial charge >= 0.3 is 7.60 Å². The summed E-state index contributed by atoms with van der Waals surface area (Å²) in [6.07, 6.45) is -0.00569. The molecule has 0 bridgehead atoms. The lowest BCUT2D eigenvalue weighted by atomic mass is 10.1. The number of halogens is 2. The van der Waals surface area contributed by atoms with Crippen LogP contribution in [-0.4, -0.2) is 60.7 Å². The Morgan fingerprint density at radius 3 is 2.36 bits per heavy atom. The van der Waals surface area contributed by atoms with Crippen molar-refractivity contribution in [3.05, 3.63) is 64.4 Å². The number of carbonyl (C=O) groups is 1. The largest absolute Gasteiger partial charge is 0.483 e. The number of nitrogens with zero attached hydrogens (tertiary/aromatic N) is 2. The summed E-state index contributed by atoms with van der Waals surface area (Å²) in [6.45, 7) is 9.87. The molecule has 1 fully saturated rings. The third-order valence-electron chi connectivity index (χ3n) is 6.12. The van der Waals surface area contributed by atoms with Gasteiger partial charge in [0, 0.05) is 42.3 Å². The third-order valence-corrected chi connectivity index (χ3v) is 8.39. The molecule has 36 heavy (non-hydrogen) atoms. The van der Waals surface area contributed by atoms with Crippen LogP contribution in [0.15, 0.2) is 42.5 Å². The van der Waals surface area contributed by atoms with Gasteiger partial charge in [0.1, 0.15) is 11.6 Å². The monoisotopic (exact) mass is 540 g/mol. The Balaban J connectivity index is 1.63. The fourth-order valence-corrected chi connectivity index (χ4v) is 6.26. The van der Waals surface area contributed by atoms with E-state index in [1.54, 1.807) is 44.2 Å². The number of piperazine rings is 1. The molecule has 198 valence electrons. The maximum Gasteiger partial charge on any atom is 0.335 e. The van der Waals surface area contributed by atoms with Gasteiger partial charge in [-0.15, -0.1) is 0 Å². The van der Waals surface area contributed by atoms with Crippen LogP contribution in [0.3, 0.4) is 0 Å². The predicted octanol–water partition coefficient (Wildman–Crippen LogP) is 5.75. The van der Waals surface area contributed by atoms with Gasteiger partial charge in [-0.1, -0.05) is 23.7 Å². The SMILES string of the molecule is CCOP(=O)(Cc1cc(Cl)ccc1OCC(=O)N1CC(C)N(Cc2ccc(F)cc2)C[C@@H]1C)OCC. The number of hydrogen-bond donors (Lipinski definition) is 0. The Labute approximate surface area is 218 Å². The summed E-state index contributed by atoms with van der Waals surface area (Å²) in [7, 11) is -3.38. The smallest absolute Gasteiger partial charge is 0.335 e. The molecule has 1 aliphatic heterocycles. The molecule has 1 heterocycles. The van der Waals surface area contributed by atoms with E-state index in [4.69, 9.17) is 25.4 Å². The minimum Gasteiger partial charge on any atom is -0.483 e. The van der Waals surface area contributed by atoms with Crippen molar-refractivity contribution in [3.63, 3.8) is 0 Å².